The second-order valence-corrected chi connectivity index (χ2v) is 4.29. The van der Waals surface area contributed by atoms with Crippen LogP contribution in [-0.4, -0.2) is 6.54 Å². The summed E-state index contributed by atoms with van der Waals surface area (Å²) >= 11 is 0. The molecule has 0 aliphatic rings. The fraction of sp³-hybridized carbons (Fsp3) is 0.200. The van der Waals surface area contributed by atoms with Gasteiger partial charge in [-0.3, -0.25) is 0 Å². The van der Waals surface area contributed by atoms with Crippen molar-refractivity contribution in [1.82, 2.24) is 0 Å². The molecule has 0 saturated heterocycles. The molecule has 0 saturated carbocycles. The minimum absolute atomic E-state index is 0.0571. The standard InChI is InChI=1S/C15H14F3NO/c16-12-5-4-11(14(18)8-12)9-20-15-10(6-7-19)2-1-3-13(15)17/h1-5,8H,6-7,9,19H2. The number of halogens is 3. The van der Waals surface area contributed by atoms with Gasteiger partial charge in [0.1, 0.15) is 18.2 Å². The molecule has 20 heavy (non-hydrogen) atoms. The molecule has 0 amide bonds. The maximum Gasteiger partial charge on any atom is 0.165 e. The van der Waals surface area contributed by atoms with Crippen LogP contribution in [0, 0.1) is 17.5 Å². The number of rotatable bonds is 5. The van der Waals surface area contributed by atoms with Crippen molar-refractivity contribution in [2.24, 2.45) is 5.73 Å². The van der Waals surface area contributed by atoms with Gasteiger partial charge in [-0.05, 0) is 36.7 Å². The van der Waals surface area contributed by atoms with Crippen LogP contribution in [0.3, 0.4) is 0 Å². The molecule has 0 heterocycles. The Morgan fingerprint density at radius 1 is 0.950 bits per heavy atom. The van der Waals surface area contributed by atoms with Crippen LogP contribution in [0.1, 0.15) is 11.1 Å². The van der Waals surface area contributed by atoms with E-state index < -0.39 is 17.5 Å². The zero-order chi connectivity index (χ0) is 14.5. The van der Waals surface area contributed by atoms with E-state index in [-0.39, 0.29) is 17.9 Å². The number of hydrogen-bond donors (Lipinski definition) is 1. The van der Waals surface area contributed by atoms with E-state index >= 15 is 0 Å². The highest BCUT2D eigenvalue weighted by Crippen LogP contribution is 2.24. The lowest BCUT2D eigenvalue weighted by molar-refractivity contribution is 0.281. The Morgan fingerprint density at radius 2 is 1.75 bits per heavy atom. The highest BCUT2D eigenvalue weighted by Gasteiger charge is 2.11. The molecule has 2 N–H and O–H groups in total. The van der Waals surface area contributed by atoms with Gasteiger partial charge in [0, 0.05) is 11.6 Å². The molecule has 0 bridgehead atoms. The first-order valence-corrected chi connectivity index (χ1v) is 6.16. The molecule has 2 aromatic carbocycles. The lowest BCUT2D eigenvalue weighted by atomic mass is 10.1. The SMILES string of the molecule is NCCc1cccc(F)c1OCc1ccc(F)cc1F. The molecular weight excluding hydrogens is 267 g/mol. The number of ether oxygens (including phenoxy) is 1. The van der Waals surface area contributed by atoms with Gasteiger partial charge in [0.25, 0.3) is 0 Å². The molecule has 0 unspecified atom stereocenters. The monoisotopic (exact) mass is 281 g/mol. The Morgan fingerprint density at radius 3 is 2.45 bits per heavy atom. The van der Waals surface area contributed by atoms with Gasteiger partial charge in [-0.2, -0.15) is 0 Å². The van der Waals surface area contributed by atoms with Gasteiger partial charge in [0.2, 0.25) is 0 Å². The molecule has 5 heteroatoms. The van der Waals surface area contributed by atoms with Gasteiger partial charge in [0.05, 0.1) is 0 Å². The van der Waals surface area contributed by atoms with Crippen molar-refractivity contribution in [3.05, 3.63) is 65.0 Å². The number of hydrogen-bond acceptors (Lipinski definition) is 2. The van der Waals surface area contributed by atoms with E-state index in [1.165, 1.54) is 12.1 Å². The lowest BCUT2D eigenvalue weighted by Crippen LogP contribution is -2.07. The fourth-order valence-corrected chi connectivity index (χ4v) is 1.86. The van der Waals surface area contributed by atoms with Crippen LogP contribution in [0.2, 0.25) is 0 Å². The van der Waals surface area contributed by atoms with E-state index in [9.17, 15) is 13.2 Å². The van der Waals surface area contributed by atoms with Gasteiger partial charge >= 0.3 is 0 Å². The third kappa shape index (κ3) is 3.30. The third-order valence-corrected chi connectivity index (χ3v) is 2.85. The molecule has 0 aliphatic heterocycles. The molecule has 2 aromatic rings. The Balaban J connectivity index is 2.18. The maximum absolute atomic E-state index is 13.7. The van der Waals surface area contributed by atoms with Crippen molar-refractivity contribution in [1.29, 1.82) is 0 Å². The normalized spacial score (nSPS) is 10.6. The van der Waals surface area contributed by atoms with E-state index in [1.807, 2.05) is 0 Å². The number of para-hydroxylation sites is 1. The second kappa shape index (κ2) is 6.43. The quantitative estimate of drug-likeness (QED) is 0.913. The van der Waals surface area contributed by atoms with Gasteiger partial charge in [-0.25, -0.2) is 13.2 Å². The van der Waals surface area contributed by atoms with Crippen molar-refractivity contribution in [3.8, 4) is 5.75 Å². The Kier molecular flexibility index (Phi) is 4.63. The van der Waals surface area contributed by atoms with Crippen LogP contribution < -0.4 is 10.5 Å². The van der Waals surface area contributed by atoms with Gasteiger partial charge in [-0.15, -0.1) is 0 Å². The molecular formula is C15H14F3NO. The first-order chi connectivity index (χ1) is 9.61. The van der Waals surface area contributed by atoms with Crippen molar-refractivity contribution in [3.63, 3.8) is 0 Å². The van der Waals surface area contributed by atoms with Crippen LogP contribution in [-0.2, 0) is 13.0 Å². The van der Waals surface area contributed by atoms with E-state index in [2.05, 4.69) is 0 Å². The fourth-order valence-electron chi connectivity index (χ4n) is 1.86. The highest BCUT2D eigenvalue weighted by molar-refractivity contribution is 5.35. The van der Waals surface area contributed by atoms with E-state index in [1.54, 1.807) is 12.1 Å². The molecule has 0 aliphatic carbocycles. The summed E-state index contributed by atoms with van der Waals surface area (Å²) < 4.78 is 45.3. The van der Waals surface area contributed by atoms with Gasteiger partial charge in [0.15, 0.2) is 11.6 Å². The minimum atomic E-state index is -0.721. The van der Waals surface area contributed by atoms with Crippen molar-refractivity contribution < 1.29 is 17.9 Å². The summed E-state index contributed by atoms with van der Waals surface area (Å²) in [6.45, 7) is 0.176. The topological polar surface area (TPSA) is 35.2 Å². The van der Waals surface area contributed by atoms with Crippen LogP contribution >= 0.6 is 0 Å². The molecule has 0 radical (unpaired) electrons. The Bertz CT molecular complexity index is 602. The third-order valence-electron chi connectivity index (χ3n) is 2.85. The van der Waals surface area contributed by atoms with Crippen LogP contribution in [0.25, 0.3) is 0 Å². The van der Waals surface area contributed by atoms with Crippen LogP contribution in [0.15, 0.2) is 36.4 Å². The zero-order valence-electron chi connectivity index (χ0n) is 10.7. The first-order valence-electron chi connectivity index (χ1n) is 6.16. The second-order valence-electron chi connectivity index (χ2n) is 4.29. The summed E-state index contributed by atoms with van der Waals surface area (Å²) in [7, 11) is 0. The van der Waals surface area contributed by atoms with Crippen molar-refractivity contribution in [2.75, 3.05) is 6.54 Å². The summed E-state index contributed by atoms with van der Waals surface area (Å²) in [5, 5.41) is 0. The largest absolute Gasteiger partial charge is 0.485 e. The Hall–Kier alpha value is -2.01. The van der Waals surface area contributed by atoms with Crippen LogP contribution in [0.4, 0.5) is 13.2 Å². The minimum Gasteiger partial charge on any atom is -0.485 e. The summed E-state index contributed by atoms with van der Waals surface area (Å²) in [4.78, 5) is 0. The summed E-state index contributed by atoms with van der Waals surface area (Å²) in [5.74, 6) is -1.86. The Labute approximate surface area is 115 Å². The first kappa shape index (κ1) is 14.4. The molecule has 0 atom stereocenters. The van der Waals surface area contributed by atoms with E-state index in [4.69, 9.17) is 10.5 Å². The summed E-state index contributed by atoms with van der Waals surface area (Å²) in [5.41, 5.74) is 6.23. The van der Waals surface area contributed by atoms with E-state index in [0.717, 1.165) is 12.1 Å². The molecule has 0 fully saturated rings. The summed E-state index contributed by atoms with van der Waals surface area (Å²) in [6.07, 6.45) is 0.457. The molecule has 0 aromatic heterocycles. The van der Waals surface area contributed by atoms with Crippen molar-refractivity contribution in [2.45, 2.75) is 13.0 Å². The summed E-state index contributed by atoms with van der Waals surface area (Å²) in [6, 6.07) is 7.69. The number of benzene rings is 2. The average Bonchev–Trinajstić information content (AvgIpc) is 2.40. The maximum atomic E-state index is 13.7. The lowest BCUT2D eigenvalue weighted by Gasteiger charge is -2.12. The molecule has 2 nitrogen and oxygen atoms in total. The van der Waals surface area contributed by atoms with Gasteiger partial charge < -0.3 is 10.5 Å². The molecule has 106 valence electrons. The number of nitrogens with two attached hydrogens (primary N) is 1. The van der Waals surface area contributed by atoms with Crippen molar-refractivity contribution >= 4 is 0 Å². The smallest absolute Gasteiger partial charge is 0.165 e. The molecule has 0 spiro atoms. The van der Waals surface area contributed by atoms with Gasteiger partial charge in [-0.1, -0.05) is 12.1 Å². The predicted molar refractivity (Wildman–Crippen MR) is 69.8 cm³/mol. The highest BCUT2D eigenvalue weighted by atomic mass is 19.1. The average molecular weight is 281 g/mol. The predicted octanol–water partition coefficient (Wildman–Crippen LogP) is 3.18. The zero-order valence-corrected chi connectivity index (χ0v) is 10.7. The van der Waals surface area contributed by atoms with E-state index in [0.29, 0.717) is 18.5 Å². The molecule has 2 rings (SSSR count). The van der Waals surface area contributed by atoms with Crippen LogP contribution in [0.5, 0.6) is 5.75 Å².